The number of hydrogen-bond donors (Lipinski definition) is 0. The van der Waals surface area contributed by atoms with Crippen molar-refractivity contribution >= 4 is 13.5 Å². The summed E-state index contributed by atoms with van der Waals surface area (Å²) in [5, 5.41) is 1.34. The Kier molecular flexibility index (Phi) is 3.85. The van der Waals surface area contributed by atoms with E-state index in [4.69, 9.17) is 4.43 Å². The highest BCUT2D eigenvalue weighted by atomic mass is 28.4. The molecule has 102 valence electrons. The predicted molar refractivity (Wildman–Crippen MR) is 86.3 cm³/mol. The Bertz CT molecular complexity index is 566. The highest BCUT2D eigenvalue weighted by Gasteiger charge is 2.39. The molecule has 2 heteroatoms. The fourth-order valence-electron chi connectivity index (χ4n) is 3.02. The summed E-state index contributed by atoms with van der Waals surface area (Å²) >= 11 is 0. The largest absolute Gasteiger partial charge is 0.402 e. The van der Waals surface area contributed by atoms with Crippen LogP contribution < -0.4 is 5.19 Å². The quantitative estimate of drug-likeness (QED) is 0.769. The van der Waals surface area contributed by atoms with Gasteiger partial charge in [-0.2, -0.15) is 0 Å². The molecule has 2 aromatic rings. The molecule has 1 fully saturated rings. The second-order valence-corrected chi connectivity index (χ2v) is 8.87. The molecule has 0 bridgehead atoms. The summed E-state index contributed by atoms with van der Waals surface area (Å²) < 4.78 is 6.62. The first-order valence-corrected chi connectivity index (χ1v) is 9.45. The van der Waals surface area contributed by atoms with Gasteiger partial charge in [-0.1, -0.05) is 72.8 Å². The minimum Gasteiger partial charge on any atom is -0.402 e. The summed E-state index contributed by atoms with van der Waals surface area (Å²) in [6, 6.07) is 22.4. The van der Waals surface area contributed by atoms with Gasteiger partial charge in [0, 0.05) is 0 Å². The number of rotatable bonds is 3. The molecule has 1 saturated heterocycles. The second-order valence-electron chi connectivity index (χ2n) is 5.37. The lowest BCUT2D eigenvalue weighted by atomic mass is 10.1. The van der Waals surface area contributed by atoms with Crippen molar-refractivity contribution in [3.05, 3.63) is 78.5 Å². The van der Waals surface area contributed by atoms with Gasteiger partial charge in [0.25, 0.3) is 0 Å². The van der Waals surface area contributed by atoms with Gasteiger partial charge in [0.15, 0.2) is 0 Å². The van der Waals surface area contributed by atoms with Crippen molar-refractivity contribution in [3.63, 3.8) is 0 Å². The Morgan fingerprint density at radius 2 is 1.65 bits per heavy atom. The van der Waals surface area contributed by atoms with Crippen molar-refractivity contribution in [2.45, 2.75) is 25.0 Å². The van der Waals surface area contributed by atoms with E-state index in [0.717, 1.165) is 12.5 Å². The smallest absolute Gasteiger partial charge is 0.248 e. The van der Waals surface area contributed by atoms with Gasteiger partial charge in [-0.25, -0.2) is 0 Å². The van der Waals surface area contributed by atoms with Crippen LogP contribution in [0.1, 0.15) is 24.5 Å². The molecule has 1 nitrogen and oxygen atoms in total. The lowest BCUT2D eigenvalue weighted by Gasteiger charge is -2.38. The molecule has 0 amide bonds. The Morgan fingerprint density at radius 3 is 2.30 bits per heavy atom. The van der Waals surface area contributed by atoms with E-state index in [9.17, 15) is 0 Å². The molecule has 0 radical (unpaired) electrons. The summed E-state index contributed by atoms with van der Waals surface area (Å²) in [7, 11) is -2.01. The molecule has 0 saturated carbocycles. The third-order valence-electron chi connectivity index (χ3n) is 4.13. The van der Waals surface area contributed by atoms with Gasteiger partial charge < -0.3 is 4.43 Å². The van der Waals surface area contributed by atoms with E-state index >= 15 is 0 Å². The Labute approximate surface area is 122 Å². The first-order valence-electron chi connectivity index (χ1n) is 7.26. The maximum atomic E-state index is 6.62. The fraction of sp³-hybridized carbons (Fsp3) is 0.222. The highest BCUT2D eigenvalue weighted by Crippen LogP contribution is 2.35. The SMILES string of the molecule is C=C[Si]1(c2ccccc2)CCCC(c2ccccc2)O1. The van der Waals surface area contributed by atoms with Gasteiger partial charge in [0.1, 0.15) is 0 Å². The van der Waals surface area contributed by atoms with Gasteiger partial charge >= 0.3 is 0 Å². The van der Waals surface area contributed by atoms with Crippen LogP contribution in [0.3, 0.4) is 0 Å². The van der Waals surface area contributed by atoms with Crippen molar-refractivity contribution in [3.8, 4) is 0 Å². The topological polar surface area (TPSA) is 9.23 Å². The molecule has 0 aromatic heterocycles. The van der Waals surface area contributed by atoms with Crippen LogP contribution in [0.25, 0.3) is 0 Å². The maximum Gasteiger partial charge on any atom is 0.248 e. The summed E-state index contributed by atoms with van der Waals surface area (Å²) in [4.78, 5) is 0. The summed E-state index contributed by atoms with van der Waals surface area (Å²) in [5.74, 6) is 0. The Morgan fingerprint density at radius 1 is 1.00 bits per heavy atom. The zero-order valence-electron chi connectivity index (χ0n) is 11.7. The van der Waals surface area contributed by atoms with E-state index in [1.807, 2.05) is 0 Å². The lowest BCUT2D eigenvalue weighted by molar-refractivity contribution is 0.169. The van der Waals surface area contributed by atoms with Crippen molar-refractivity contribution < 1.29 is 4.43 Å². The molecule has 1 aliphatic heterocycles. The van der Waals surface area contributed by atoms with Crippen molar-refractivity contribution in [2.75, 3.05) is 0 Å². The molecule has 1 aliphatic rings. The van der Waals surface area contributed by atoms with Crippen LogP contribution in [-0.2, 0) is 4.43 Å². The molecule has 2 atom stereocenters. The second kappa shape index (κ2) is 5.78. The average molecular weight is 280 g/mol. The average Bonchev–Trinajstić information content (AvgIpc) is 2.56. The van der Waals surface area contributed by atoms with Gasteiger partial charge in [-0.3, -0.25) is 0 Å². The molecule has 1 heterocycles. The van der Waals surface area contributed by atoms with Crippen LogP contribution in [0.2, 0.25) is 6.04 Å². The standard InChI is InChI=1S/C18H20OSi/c1-2-20(17-12-7-4-8-13-17)15-9-14-18(19-20)16-10-5-3-6-11-16/h2-8,10-13,18H,1,9,14-15H2. The van der Waals surface area contributed by atoms with Gasteiger partial charge in [0.2, 0.25) is 8.32 Å². The molecular weight excluding hydrogens is 260 g/mol. The minimum atomic E-state index is -2.01. The molecule has 0 spiro atoms. The van der Waals surface area contributed by atoms with E-state index in [0.29, 0.717) is 0 Å². The zero-order chi connectivity index (χ0) is 13.8. The van der Waals surface area contributed by atoms with Gasteiger partial charge in [-0.05, 0) is 23.2 Å². The highest BCUT2D eigenvalue weighted by molar-refractivity contribution is 6.90. The van der Waals surface area contributed by atoms with Gasteiger partial charge in [-0.15, -0.1) is 6.58 Å². The molecule has 20 heavy (non-hydrogen) atoms. The van der Waals surface area contributed by atoms with Crippen LogP contribution in [0.15, 0.2) is 72.9 Å². The first-order chi connectivity index (χ1) is 9.84. The maximum absolute atomic E-state index is 6.62. The van der Waals surface area contributed by atoms with Crippen molar-refractivity contribution in [1.82, 2.24) is 0 Å². The fourth-order valence-corrected chi connectivity index (χ4v) is 6.35. The summed E-state index contributed by atoms with van der Waals surface area (Å²) in [5.41, 5.74) is 3.40. The van der Waals surface area contributed by atoms with E-state index < -0.39 is 8.32 Å². The van der Waals surface area contributed by atoms with Crippen LogP contribution in [0, 0.1) is 0 Å². The van der Waals surface area contributed by atoms with E-state index in [2.05, 4.69) is 72.9 Å². The van der Waals surface area contributed by atoms with Gasteiger partial charge in [0.05, 0.1) is 6.10 Å². The van der Waals surface area contributed by atoms with Crippen LogP contribution in [0.4, 0.5) is 0 Å². The van der Waals surface area contributed by atoms with Crippen molar-refractivity contribution in [1.29, 1.82) is 0 Å². The molecule has 0 N–H and O–H groups in total. The molecule has 2 aromatic carbocycles. The Balaban J connectivity index is 1.92. The molecule has 0 aliphatic carbocycles. The van der Waals surface area contributed by atoms with E-state index in [1.54, 1.807) is 0 Å². The molecule has 3 rings (SSSR count). The summed E-state index contributed by atoms with van der Waals surface area (Å²) in [6.45, 7) is 4.10. The third-order valence-corrected chi connectivity index (χ3v) is 7.90. The van der Waals surface area contributed by atoms with Crippen LogP contribution in [-0.4, -0.2) is 8.32 Å². The third kappa shape index (κ3) is 2.49. The van der Waals surface area contributed by atoms with Crippen LogP contribution in [0.5, 0.6) is 0 Å². The Hall–Kier alpha value is -1.64. The van der Waals surface area contributed by atoms with E-state index in [-0.39, 0.29) is 6.10 Å². The van der Waals surface area contributed by atoms with E-state index in [1.165, 1.54) is 17.2 Å². The van der Waals surface area contributed by atoms with Crippen molar-refractivity contribution in [2.24, 2.45) is 0 Å². The minimum absolute atomic E-state index is 0.217. The lowest BCUT2D eigenvalue weighted by Crippen LogP contribution is -2.51. The zero-order valence-corrected chi connectivity index (χ0v) is 12.7. The monoisotopic (exact) mass is 280 g/mol. The molecule has 2 unspecified atom stereocenters. The molecular formula is C18H20OSi. The normalized spacial score (nSPS) is 26.1. The predicted octanol–water partition coefficient (Wildman–Crippen LogP) is 4.12. The summed E-state index contributed by atoms with van der Waals surface area (Å²) in [6.07, 6.45) is 2.54. The number of hydrogen-bond acceptors (Lipinski definition) is 1. The first kappa shape index (κ1) is 13.3. The van der Waals surface area contributed by atoms with Crippen LogP contribution >= 0.6 is 0 Å². The number of benzene rings is 2.